The van der Waals surface area contributed by atoms with Crippen LogP contribution < -0.4 is 20.1 Å². The van der Waals surface area contributed by atoms with E-state index in [1.807, 2.05) is 30.3 Å². The van der Waals surface area contributed by atoms with Gasteiger partial charge in [0, 0.05) is 31.0 Å². The fourth-order valence-corrected chi connectivity index (χ4v) is 7.60. The van der Waals surface area contributed by atoms with Crippen molar-refractivity contribution in [2.75, 3.05) is 5.32 Å². The molecule has 1 aromatic heterocycles. The van der Waals surface area contributed by atoms with E-state index in [2.05, 4.69) is 21.9 Å². The molecule has 0 spiro atoms. The first kappa shape index (κ1) is 40.6. The molecule has 13 nitrogen and oxygen atoms in total. The number of hydrogen-bond donors (Lipinski definition) is 3. The molecule has 0 fully saturated rings. The van der Waals surface area contributed by atoms with Gasteiger partial charge in [-0.3, -0.25) is 14.4 Å². The summed E-state index contributed by atoms with van der Waals surface area (Å²) >= 11 is 12.1. The van der Waals surface area contributed by atoms with Crippen molar-refractivity contribution in [2.45, 2.75) is 51.1 Å². The second kappa shape index (κ2) is 17.2. The molecule has 6 aromatic rings. The zero-order valence-electron chi connectivity index (χ0n) is 32.4. The van der Waals surface area contributed by atoms with E-state index in [4.69, 9.17) is 42.5 Å². The topological polar surface area (TPSA) is 184 Å². The van der Waals surface area contributed by atoms with Crippen molar-refractivity contribution in [1.29, 1.82) is 5.26 Å². The average molecular weight is 857 g/mol. The zero-order chi connectivity index (χ0) is 42.8. The Morgan fingerprint density at radius 1 is 0.934 bits per heavy atom. The molecule has 1 unspecified atom stereocenters. The van der Waals surface area contributed by atoms with Crippen molar-refractivity contribution in [1.82, 2.24) is 15.4 Å². The molecule has 0 aliphatic carbocycles. The van der Waals surface area contributed by atoms with Crippen LogP contribution in [-0.2, 0) is 40.4 Å². The summed E-state index contributed by atoms with van der Waals surface area (Å²) in [4.78, 5) is 55.4. The average Bonchev–Trinajstić information content (AvgIpc) is 3.71. The number of aromatic nitrogens is 1. The number of nitrogens with one attached hydrogen (secondary N) is 2. The van der Waals surface area contributed by atoms with Crippen LogP contribution in [0.2, 0.25) is 10.0 Å². The lowest BCUT2D eigenvalue weighted by molar-refractivity contribution is -0.142. The Morgan fingerprint density at radius 3 is 2.30 bits per heavy atom. The van der Waals surface area contributed by atoms with Crippen LogP contribution in [0.25, 0.3) is 11.1 Å². The molecule has 306 valence electrons. The van der Waals surface area contributed by atoms with E-state index < -0.39 is 41.9 Å². The number of carboxylic acid groups (broad SMARTS) is 1. The van der Waals surface area contributed by atoms with Gasteiger partial charge in [0.15, 0.2) is 5.69 Å². The van der Waals surface area contributed by atoms with Gasteiger partial charge in [0.1, 0.15) is 35.9 Å². The number of carboxylic acids is 1. The number of benzene rings is 5. The van der Waals surface area contributed by atoms with E-state index in [1.165, 1.54) is 11.0 Å². The van der Waals surface area contributed by atoms with Gasteiger partial charge >= 0.3 is 5.97 Å². The Bertz CT molecular complexity index is 2710. The molecule has 2 aliphatic rings. The highest BCUT2D eigenvalue weighted by atomic mass is 35.5. The summed E-state index contributed by atoms with van der Waals surface area (Å²) in [6.45, 7) is 1.85. The SMILES string of the molecule is Cc1cc(C(=O)N2Cc3cc4c(cc3CC2C(=O)N[C@@H](Cc2ccc(-c3ccc(C#N)cc3)cc2)C(=O)O)NC(=O)[C@H](c2ccc(OCc3ccc(Cl)c(Cl)c3)cc2)O4)no1. The smallest absolute Gasteiger partial charge is 0.326 e. The van der Waals surface area contributed by atoms with Crippen molar-refractivity contribution < 1.29 is 38.3 Å². The second-order valence-corrected chi connectivity index (χ2v) is 15.5. The first-order valence-corrected chi connectivity index (χ1v) is 19.8. The number of carbonyl (C=O) groups excluding carboxylic acids is 3. The molecule has 3 N–H and O–H groups in total. The number of amides is 3. The first-order chi connectivity index (χ1) is 29.4. The molecule has 3 atom stereocenters. The van der Waals surface area contributed by atoms with Crippen LogP contribution in [0.3, 0.4) is 0 Å². The van der Waals surface area contributed by atoms with Gasteiger partial charge in [0.25, 0.3) is 11.8 Å². The lowest BCUT2D eigenvalue weighted by atomic mass is 9.91. The lowest BCUT2D eigenvalue weighted by Gasteiger charge is -2.37. The number of carbonyl (C=O) groups is 4. The van der Waals surface area contributed by atoms with Crippen molar-refractivity contribution in [3.05, 3.63) is 164 Å². The standard InChI is InChI=1S/C46H35Cl2N5O8/c1-25-16-38(52-61-25)45(56)53-23-33-21-41-37(50-44(55)42(60-41)31-11-13-34(14-12-31)59-24-28-6-15-35(47)36(48)17-28)19-32(33)20-40(53)43(54)51-39(46(57)58)18-26-2-7-29(8-3-26)30-9-4-27(22-49)5-10-30/h2-17,19,21,39-40,42H,18,20,23-24H2,1H3,(H,50,55)(H,51,54)(H,57,58)/t39-,40?,42-/m0/s1. The second-order valence-electron chi connectivity index (χ2n) is 14.7. The van der Waals surface area contributed by atoms with E-state index in [0.29, 0.717) is 60.8 Å². The van der Waals surface area contributed by atoms with Gasteiger partial charge in [-0.2, -0.15) is 5.26 Å². The van der Waals surface area contributed by atoms with Gasteiger partial charge in [-0.1, -0.05) is 83.0 Å². The third-order valence-electron chi connectivity index (χ3n) is 10.5. The van der Waals surface area contributed by atoms with E-state index in [9.17, 15) is 24.3 Å². The summed E-state index contributed by atoms with van der Waals surface area (Å²) in [6, 6.07) is 31.1. The predicted molar refractivity (Wildman–Crippen MR) is 224 cm³/mol. The van der Waals surface area contributed by atoms with Crippen molar-refractivity contribution in [3.63, 3.8) is 0 Å². The van der Waals surface area contributed by atoms with Crippen LogP contribution in [0.4, 0.5) is 5.69 Å². The highest BCUT2D eigenvalue weighted by molar-refractivity contribution is 6.42. The summed E-state index contributed by atoms with van der Waals surface area (Å²) in [5.41, 5.74) is 6.08. The number of halogens is 2. The molecule has 61 heavy (non-hydrogen) atoms. The number of nitrogens with zero attached hydrogens (tertiary/aromatic N) is 3. The van der Waals surface area contributed by atoms with E-state index >= 15 is 0 Å². The summed E-state index contributed by atoms with van der Waals surface area (Å²) in [5.74, 6) is -1.59. The molecule has 5 aromatic carbocycles. The highest BCUT2D eigenvalue weighted by Gasteiger charge is 2.39. The predicted octanol–water partition coefficient (Wildman–Crippen LogP) is 7.86. The molecule has 0 bridgehead atoms. The molecule has 8 rings (SSSR count). The van der Waals surface area contributed by atoms with Gasteiger partial charge in [0.05, 0.1) is 27.4 Å². The Labute approximate surface area is 359 Å². The largest absolute Gasteiger partial charge is 0.489 e. The molecule has 15 heteroatoms. The number of aryl methyl sites for hydroxylation is 1. The lowest BCUT2D eigenvalue weighted by Crippen LogP contribution is -2.56. The minimum Gasteiger partial charge on any atom is -0.489 e. The molecule has 0 saturated carbocycles. The van der Waals surface area contributed by atoms with Gasteiger partial charge in [-0.15, -0.1) is 0 Å². The maximum Gasteiger partial charge on any atom is 0.326 e. The number of hydrogen-bond acceptors (Lipinski definition) is 9. The van der Waals surface area contributed by atoms with Crippen LogP contribution in [0.15, 0.2) is 114 Å². The van der Waals surface area contributed by atoms with Gasteiger partial charge in [-0.25, -0.2) is 4.79 Å². The molecule has 3 amide bonds. The van der Waals surface area contributed by atoms with Crippen LogP contribution in [0.1, 0.15) is 55.7 Å². The Hall–Kier alpha value is -7.14. The number of rotatable bonds is 11. The molecule has 0 radical (unpaired) electrons. The monoisotopic (exact) mass is 855 g/mol. The molecular weight excluding hydrogens is 821 g/mol. The fourth-order valence-electron chi connectivity index (χ4n) is 7.28. The Balaban J connectivity index is 0.991. The molecule has 0 saturated heterocycles. The first-order valence-electron chi connectivity index (χ1n) is 19.1. The Morgan fingerprint density at radius 2 is 1.64 bits per heavy atom. The quantitative estimate of drug-likeness (QED) is 0.116. The minimum absolute atomic E-state index is 0.00559. The maximum atomic E-state index is 14.1. The van der Waals surface area contributed by atoms with E-state index in [1.54, 1.807) is 79.7 Å². The fraction of sp³-hybridized carbons (Fsp3) is 0.174. The minimum atomic E-state index is -1.32. The number of aliphatic carboxylic acids is 1. The van der Waals surface area contributed by atoms with Crippen LogP contribution >= 0.6 is 23.2 Å². The number of anilines is 1. The molecule has 3 heterocycles. The van der Waals surface area contributed by atoms with E-state index in [0.717, 1.165) is 16.7 Å². The maximum absolute atomic E-state index is 14.1. The third-order valence-corrected chi connectivity index (χ3v) is 11.3. The zero-order valence-corrected chi connectivity index (χ0v) is 33.9. The number of fused-ring (bicyclic) bond motifs is 2. The van der Waals surface area contributed by atoms with Crippen molar-refractivity contribution in [2.24, 2.45) is 0 Å². The summed E-state index contributed by atoms with van der Waals surface area (Å²) in [5, 5.41) is 29.7. The highest BCUT2D eigenvalue weighted by Crippen LogP contribution is 2.40. The normalized spacial score (nSPS) is 15.9. The summed E-state index contributed by atoms with van der Waals surface area (Å²) < 4.78 is 17.3. The summed E-state index contributed by atoms with van der Waals surface area (Å²) in [7, 11) is 0. The Kier molecular flexibility index (Phi) is 11.5. The van der Waals surface area contributed by atoms with E-state index in [-0.39, 0.29) is 31.7 Å². The van der Waals surface area contributed by atoms with Crippen molar-refractivity contribution in [3.8, 4) is 28.7 Å². The van der Waals surface area contributed by atoms with Crippen molar-refractivity contribution >= 4 is 52.6 Å². The van der Waals surface area contributed by atoms with Crippen LogP contribution in [0.5, 0.6) is 11.5 Å². The number of nitriles is 1. The van der Waals surface area contributed by atoms with Gasteiger partial charge < -0.3 is 34.6 Å². The van der Waals surface area contributed by atoms with Gasteiger partial charge in [0.2, 0.25) is 12.0 Å². The number of ether oxygens (including phenoxy) is 2. The van der Waals surface area contributed by atoms with Crippen LogP contribution in [0, 0.1) is 18.3 Å². The third kappa shape index (κ3) is 8.91. The molecule has 2 aliphatic heterocycles. The molecular formula is C46H35Cl2N5O8. The van der Waals surface area contributed by atoms with Crippen LogP contribution in [-0.4, -0.2) is 50.9 Å². The van der Waals surface area contributed by atoms with Gasteiger partial charge in [-0.05, 0) is 88.8 Å². The summed E-state index contributed by atoms with van der Waals surface area (Å²) in [6.07, 6.45) is -1.01.